The first-order valence-electron chi connectivity index (χ1n) is 4.95. The molecule has 0 radical (unpaired) electrons. The van der Waals surface area contributed by atoms with E-state index in [1.807, 2.05) is 26.0 Å². The number of benzene rings is 1. The van der Waals surface area contributed by atoms with Crippen LogP contribution < -0.4 is 0 Å². The molecule has 0 fully saturated rings. The smallest absolute Gasteiger partial charge is 0.204 e. The van der Waals surface area contributed by atoms with E-state index in [0.29, 0.717) is 11.1 Å². The molecule has 0 spiro atoms. The van der Waals surface area contributed by atoms with Gasteiger partial charge in [-0.3, -0.25) is 4.79 Å². The van der Waals surface area contributed by atoms with E-state index < -0.39 is 0 Å². The van der Waals surface area contributed by atoms with Gasteiger partial charge in [-0.05, 0) is 42.6 Å². The van der Waals surface area contributed by atoms with Gasteiger partial charge in [0.05, 0.1) is 11.8 Å². The van der Waals surface area contributed by atoms with Gasteiger partial charge in [-0.1, -0.05) is 18.2 Å². The van der Waals surface area contributed by atoms with Crippen LogP contribution in [-0.4, -0.2) is 5.78 Å². The Balaban J connectivity index is 2.50. The van der Waals surface area contributed by atoms with Gasteiger partial charge >= 0.3 is 0 Å². The molecule has 2 aromatic rings. The molecule has 0 unspecified atom stereocenters. The first-order valence-corrected chi connectivity index (χ1v) is 5.33. The summed E-state index contributed by atoms with van der Waals surface area (Å²) in [6.07, 6.45) is 1.42. The number of aryl methyl sites for hydroxylation is 1. The van der Waals surface area contributed by atoms with Gasteiger partial charge < -0.3 is 4.42 Å². The van der Waals surface area contributed by atoms with Gasteiger partial charge in [-0.25, -0.2) is 0 Å². The Morgan fingerprint density at radius 2 is 1.94 bits per heavy atom. The van der Waals surface area contributed by atoms with Crippen LogP contribution in [0.2, 0.25) is 5.22 Å². The SMILES string of the molecule is Cc1cccc(C(=O)c2ccoc2Cl)c1C. The average molecular weight is 235 g/mol. The van der Waals surface area contributed by atoms with Crippen LogP contribution in [0.1, 0.15) is 27.0 Å². The first kappa shape index (κ1) is 11.0. The van der Waals surface area contributed by atoms with Crippen molar-refractivity contribution in [2.45, 2.75) is 13.8 Å². The van der Waals surface area contributed by atoms with E-state index in [4.69, 9.17) is 16.0 Å². The van der Waals surface area contributed by atoms with Crippen LogP contribution in [0.5, 0.6) is 0 Å². The molecule has 0 aliphatic heterocycles. The van der Waals surface area contributed by atoms with Gasteiger partial charge in [-0.2, -0.15) is 0 Å². The molecule has 1 aromatic carbocycles. The maximum Gasteiger partial charge on any atom is 0.204 e. The molecule has 16 heavy (non-hydrogen) atoms. The lowest BCUT2D eigenvalue weighted by atomic mass is 9.97. The molecule has 2 rings (SSSR count). The highest BCUT2D eigenvalue weighted by molar-refractivity contribution is 6.33. The predicted molar refractivity (Wildman–Crippen MR) is 63.1 cm³/mol. The van der Waals surface area contributed by atoms with Crippen LogP contribution in [0.25, 0.3) is 0 Å². The van der Waals surface area contributed by atoms with Crippen molar-refractivity contribution in [3.05, 3.63) is 58.0 Å². The lowest BCUT2D eigenvalue weighted by molar-refractivity contribution is 0.103. The van der Waals surface area contributed by atoms with E-state index in [0.717, 1.165) is 11.1 Å². The highest BCUT2D eigenvalue weighted by Gasteiger charge is 2.17. The zero-order valence-electron chi connectivity index (χ0n) is 9.08. The van der Waals surface area contributed by atoms with Crippen molar-refractivity contribution in [1.82, 2.24) is 0 Å². The zero-order chi connectivity index (χ0) is 11.7. The van der Waals surface area contributed by atoms with Gasteiger partial charge in [-0.15, -0.1) is 0 Å². The summed E-state index contributed by atoms with van der Waals surface area (Å²) in [6, 6.07) is 7.23. The van der Waals surface area contributed by atoms with Crippen LogP contribution in [-0.2, 0) is 0 Å². The molecule has 0 aliphatic carbocycles. The normalized spacial score (nSPS) is 10.4. The molecule has 0 bridgehead atoms. The Kier molecular flexibility index (Phi) is 2.84. The highest BCUT2D eigenvalue weighted by atomic mass is 35.5. The fraction of sp³-hybridized carbons (Fsp3) is 0.154. The summed E-state index contributed by atoms with van der Waals surface area (Å²) in [7, 11) is 0. The molecular formula is C13H11ClO2. The number of ketones is 1. The molecular weight excluding hydrogens is 224 g/mol. The Bertz CT molecular complexity index is 541. The number of halogens is 1. The molecule has 0 atom stereocenters. The van der Waals surface area contributed by atoms with E-state index in [-0.39, 0.29) is 11.0 Å². The Hall–Kier alpha value is -1.54. The summed E-state index contributed by atoms with van der Waals surface area (Å²) in [5.41, 5.74) is 3.15. The number of furan rings is 1. The largest absolute Gasteiger partial charge is 0.452 e. The second kappa shape index (κ2) is 4.14. The maximum absolute atomic E-state index is 12.2. The summed E-state index contributed by atoms with van der Waals surface area (Å²) < 4.78 is 4.92. The van der Waals surface area contributed by atoms with Crippen molar-refractivity contribution in [3.63, 3.8) is 0 Å². The van der Waals surface area contributed by atoms with E-state index in [1.54, 1.807) is 12.1 Å². The summed E-state index contributed by atoms with van der Waals surface area (Å²) in [5, 5.41) is 0.144. The number of hydrogen-bond donors (Lipinski definition) is 0. The van der Waals surface area contributed by atoms with Crippen molar-refractivity contribution in [1.29, 1.82) is 0 Å². The lowest BCUT2D eigenvalue weighted by Crippen LogP contribution is -2.03. The summed E-state index contributed by atoms with van der Waals surface area (Å²) in [5.74, 6) is -0.0973. The molecule has 0 amide bonds. The van der Waals surface area contributed by atoms with Crippen molar-refractivity contribution >= 4 is 17.4 Å². The molecule has 3 heteroatoms. The minimum Gasteiger partial charge on any atom is -0.452 e. The lowest BCUT2D eigenvalue weighted by Gasteiger charge is -2.06. The minimum atomic E-state index is -0.0973. The third-order valence-corrected chi connectivity index (χ3v) is 3.00. The highest BCUT2D eigenvalue weighted by Crippen LogP contribution is 2.23. The van der Waals surface area contributed by atoms with Gasteiger partial charge in [0.15, 0.2) is 5.78 Å². The van der Waals surface area contributed by atoms with Crippen molar-refractivity contribution < 1.29 is 9.21 Å². The van der Waals surface area contributed by atoms with E-state index in [2.05, 4.69) is 0 Å². The van der Waals surface area contributed by atoms with Crippen molar-refractivity contribution in [3.8, 4) is 0 Å². The topological polar surface area (TPSA) is 30.2 Å². The van der Waals surface area contributed by atoms with Crippen LogP contribution >= 0.6 is 11.6 Å². The molecule has 0 N–H and O–H groups in total. The van der Waals surface area contributed by atoms with Gasteiger partial charge in [0, 0.05) is 5.56 Å². The summed E-state index contributed by atoms with van der Waals surface area (Å²) >= 11 is 5.79. The summed E-state index contributed by atoms with van der Waals surface area (Å²) in [4.78, 5) is 12.2. The Morgan fingerprint density at radius 3 is 2.56 bits per heavy atom. The quantitative estimate of drug-likeness (QED) is 0.741. The van der Waals surface area contributed by atoms with Gasteiger partial charge in [0.1, 0.15) is 0 Å². The minimum absolute atomic E-state index is 0.0973. The van der Waals surface area contributed by atoms with Crippen LogP contribution in [0.3, 0.4) is 0 Å². The fourth-order valence-corrected chi connectivity index (χ4v) is 1.80. The maximum atomic E-state index is 12.2. The molecule has 0 aliphatic rings. The van der Waals surface area contributed by atoms with Gasteiger partial charge in [0.2, 0.25) is 5.22 Å². The Morgan fingerprint density at radius 1 is 1.19 bits per heavy atom. The van der Waals surface area contributed by atoms with E-state index >= 15 is 0 Å². The average Bonchev–Trinajstić information content (AvgIpc) is 2.68. The second-order valence-corrected chi connectivity index (χ2v) is 4.03. The third-order valence-electron chi connectivity index (χ3n) is 2.71. The van der Waals surface area contributed by atoms with Crippen LogP contribution in [0, 0.1) is 13.8 Å². The number of hydrogen-bond acceptors (Lipinski definition) is 2. The molecule has 0 saturated heterocycles. The molecule has 1 heterocycles. The number of carbonyl (C=O) groups is 1. The second-order valence-electron chi connectivity index (χ2n) is 3.68. The van der Waals surface area contributed by atoms with Crippen molar-refractivity contribution in [2.75, 3.05) is 0 Å². The zero-order valence-corrected chi connectivity index (χ0v) is 9.84. The van der Waals surface area contributed by atoms with E-state index in [9.17, 15) is 4.79 Å². The van der Waals surface area contributed by atoms with Gasteiger partial charge in [0.25, 0.3) is 0 Å². The third kappa shape index (κ3) is 1.76. The van der Waals surface area contributed by atoms with E-state index in [1.165, 1.54) is 6.26 Å². The standard InChI is InChI=1S/C13H11ClO2/c1-8-4-3-5-10(9(8)2)12(15)11-6-7-16-13(11)14/h3-7H,1-2H3. The molecule has 0 saturated carbocycles. The molecule has 2 nitrogen and oxygen atoms in total. The summed E-state index contributed by atoms with van der Waals surface area (Å²) in [6.45, 7) is 3.90. The molecule has 1 aromatic heterocycles. The first-order chi connectivity index (χ1) is 7.61. The van der Waals surface area contributed by atoms with Crippen LogP contribution in [0.4, 0.5) is 0 Å². The number of carbonyl (C=O) groups excluding carboxylic acids is 1. The number of rotatable bonds is 2. The predicted octanol–water partition coefficient (Wildman–Crippen LogP) is 3.78. The monoisotopic (exact) mass is 234 g/mol. The van der Waals surface area contributed by atoms with Crippen LogP contribution in [0.15, 0.2) is 34.9 Å². The fourth-order valence-electron chi connectivity index (χ4n) is 1.60. The molecule has 82 valence electrons. The Labute approximate surface area is 98.8 Å². The van der Waals surface area contributed by atoms with Crippen molar-refractivity contribution in [2.24, 2.45) is 0 Å².